The van der Waals surface area contributed by atoms with E-state index in [4.69, 9.17) is 4.74 Å². The summed E-state index contributed by atoms with van der Waals surface area (Å²) in [6, 6.07) is 20.0. The highest BCUT2D eigenvalue weighted by Crippen LogP contribution is 2.47. The molecule has 34 heavy (non-hydrogen) atoms. The van der Waals surface area contributed by atoms with Crippen LogP contribution in [0.3, 0.4) is 0 Å². The summed E-state index contributed by atoms with van der Waals surface area (Å²) >= 11 is 0. The van der Waals surface area contributed by atoms with Crippen molar-refractivity contribution in [3.63, 3.8) is 0 Å². The Hall–Kier alpha value is -4.44. The Morgan fingerprint density at radius 2 is 1.76 bits per heavy atom. The second kappa shape index (κ2) is 7.29. The lowest BCUT2D eigenvalue weighted by Crippen LogP contribution is -2.21. The second-order valence-corrected chi connectivity index (χ2v) is 8.73. The average Bonchev–Trinajstić information content (AvgIpc) is 3.65. The molecule has 0 atom stereocenters. The number of methoxy groups -OCH3 is 1. The quantitative estimate of drug-likeness (QED) is 0.405. The summed E-state index contributed by atoms with van der Waals surface area (Å²) in [4.78, 5) is 22.3. The van der Waals surface area contributed by atoms with Crippen LogP contribution < -0.4 is 10.4 Å². The maximum atomic E-state index is 13.3. The number of nitrogens with zero attached hydrogens (tertiary/aromatic N) is 5. The number of aryl methyl sites for hydroxylation is 1. The van der Waals surface area contributed by atoms with Crippen LogP contribution in [0.5, 0.6) is 5.88 Å². The zero-order valence-corrected chi connectivity index (χ0v) is 18.8. The number of pyridine rings is 2. The minimum absolute atomic E-state index is 0.144. The molecular formula is C27H21N5O2. The first kappa shape index (κ1) is 20.2. The second-order valence-electron chi connectivity index (χ2n) is 8.73. The van der Waals surface area contributed by atoms with Gasteiger partial charge in [0.05, 0.1) is 47.0 Å². The molecular weight excluding hydrogens is 426 g/mol. The molecule has 1 aliphatic rings. The molecule has 0 spiro atoms. The van der Waals surface area contributed by atoms with Gasteiger partial charge in [0, 0.05) is 30.3 Å². The predicted molar refractivity (Wildman–Crippen MR) is 130 cm³/mol. The summed E-state index contributed by atoms with van der Waals surface area (Å²) in [6.07, 6.45) is 5.29. The number of fused-ring (bicyclic) bond motifs is 3. The Balaban J connectivity index is 1.57. The Bertz CT molecular complexity index is 1670. The van der Waals surface area contributed by atoms with Crippen molar-refractivity contribution in [3.8, 4) is 28.8 Å². The minimum atomic E-state index is -0.361. The van der Waals surface area contributed by atoms with Crippen molar-refractivity contribution < 1.29 is 4.74 Å². The normalized spacial score (nSPS) is 14.3. The van der Waals surface area contributed by atoms with Crippen LogP contribution in [0.2, 0.25) is 0 Å². The van der Waals surface area contributed by atoms with Gasteiger partial charge in [-0.2, -0.15) is 5.26 Å². The number of hydrogen-bond donors (Lipinski definition) is 0. The Kier molecular flexibility index (Phi) is 4.33. The number of rotatable bonds is 4. The topological polar surface area (TPSA) is 85.7 Å². The highest BCUT2D eigenvalue weighted by Gasteiger charge is 2.44. The summed E-state index contributed by atoms with van der Waals surface area (Å²) in [5.41, 5.74) is 5.53. The number of ether oxygens (including phenoxy) is 1. The fourth-order valence-corrected chi connectivity index (χ4v) is 4.61. The standard InChI is InChI=1S/C27H21N5O2/c1-31-23-15-29-22-9-3-17(18-4-10-24(34-2)30-14-18)13-21(22)25(23)32(26(31)33)20-7-5-19(6-8-20)27(16-28)11-12-27/h3-10,13-15H,11-12H2,1-2H3. The molecule has 0 amide bonds. The zero-order chi connectivity index (χ0) is 23.4. The molecule has 1 fully saturated rings. The first-order valence-corrected chi connectivity index (χ1v) is 11.1. The Morgan fingerprint density at radius 1 is 1.00 bits per heavy atom. The van der Waals surface area contributed by atoms with E-state index in [1.54, 1.807) is 35.7 Å². The molecule has 0 bridgehead atoms. The lowest BCUT2D eigenvalue weighted by molar-refractivity contribution is 0.398. The number of benzene rings is 2. The van der Waals surface area contributed by atoms with Crippen LogP contribution in [0.25, 0.3) is 38.8 Å². The van der Waals surface area contributed by atoms with Crippen molar-refractivity contribution in [2.24, 2.45) is 7.05 Å². The molecule has 3 heterocycles. The van der Waals surface area contributed by atoms with Crippen LogP contribution >= 0.6 is 0 Å². The third-order valence-electron chi connectivity index (χ3n) is 6.80. The fraction of sp³-hybridized carbons (Fsp3) is 0.185. The van der Waals surface area contributed by atoms with E-state index in [-0.39, 0.29) is 11.1 Å². The monoisotopic (exact) mass is 447 g/mol. The highest BCUT2D eigenvalue weighted by atomic mass is 16.5. The van der Waals surface area contributed by atoms with E-state index in [0.29, 0.717) is 5.88 Å². The summed E-state index contributed by atoms with van der Waals surface area (Å²) in [7, 11) is 3.35. The van der Waals surface area contributed by atoms with E-state index in [2.05, 4.69) is 16.0 Å². The van der Waals surface area contributed by atoms with Gasteiger partial charge in [-0.25, -0.2) is 9.78 Å². The molecule has 0 unspecified atom stereocenters. The SMILES string of the molecule is COc1ccc(-c2ccc3ncc4c(c3c2)n(-c2ccc(C3(C#N)CC3)cc2)c(=O)n4C)cn1. The largest absolute Gasteiger partial charge is 0.481 e. The third-order valence-corrected chi connectivity index (χ3v) is 6.80. The van der Waals surface area contributed by atoms with Gasteiger partial charge in [0.15, 0.2) is 0 Å². The van der Waals surface area contributed by atoms with Gasteiger partial charge in [0.1, 0.15) is 0 Å². The molecule has 5 aromatic rings. The van der Waals surface area contributed by atoms with Crippen LogP contribution in [0.4, 0.5) is 0 Å². The number of imidazole rings is 1. The fourth-order valence-electron chi connectivity index (χ4n) is 4.61. The van der Waals surface area contributed by atoms with Gasteiger partial charge in [-0.15, -0.1) is 0 Å². The van der Waals surface area contributed by atoms with Crippen molar-refractivity contribution in [3.05, 3.63) is 83.0 Å². The average molecular weight is 447 g/mol. The molecule has 166 valence electrons. The van der Waals surface area contributed by atoms with Gasteiger partial charge >= 0.3 is 5.69 Å². The van der Waals surface area contributed by atoms with Crippen molar-refractivity contribution in [2.45, 2.75) is 18.3 Å². The predicted octanol–water partition coefficient (Wildman–Crippen LogP) is 4.50. The number of nitriles is 1. The molecule has 1 saturated carbocycles. The van der Waals surface area contributed by atoms with E-state index < -0.39 is 0 Å². The molecule has 7 heteroatoms. The molecule has 6 rings (SSSR count). The Morgan fingerprint density at radius 3 is 2.41 bits per heavy atom. The number of hydrogen-bond acceptors (Lipinski definition) is 5. The lowest BCUT2D eigenvalue weighted by Gasteiger charge is -2.10. The number of aromatic nitrogens is 4. The zero-order valence-electron chi connectivity index (χ0n) is 18.8. The highest BCUT2D eigenvalue weighted by molar-refractivity contribution is 6.04. The molecule has 0 radical (unpaired) electrons. The maximum Gasteiger partial charge on any atom is 0.333 e. The molecule has 3 aromatic heterocycles. The third kappa shape index (κ3) is 2.92. The van der Waals surface area contributed by atoms with Gasteiger partial charge in [0.2, 0.25) is 5.88 Å². The van der Waals surface area contributed by atoms with Gasteiger partial charge in [-0.1, -0.05) is 18.2 Å². The first-order chi connectivity index (χ1) is 16.5. The van der Waals surface area contributed by atoms with Crippen molar-refractivity contribution in [1.82, 2.24) is 19.1 Å². The molecule has 1 aliphatic carbocycles. The molecule has 2 aromatic carbocycles. The molecule has 0 N–H and O–H groups in total. The summed E-state index contributed by atoms with van der Waals surface area (Å²) < 4.78 is 8.52. The van der Waals surface area contributed by atoms with Crippen molar-refractivity contribution >= 4 is 21.9 Å². The van der Waals surface area contributed by atoms with E-state index in [1.807, 2.05) is 54.6 Å². The Labute approximate surface area is 195 Å². The summed E-state index contributed by atoms with van der Waals surface area (Å²) in [5.74, 6) is 0.554. The van der Waals surface area contributed by atoms with Crippen LogP contribution in [0.1, 0.15) is 18.4 Å². The van der Waals surface area contributed by atoms with E-state index in [0.717, 1.165) is 57.2 Å². The van der Waals surface area contributed by atoms with Crippen LogP contribution in [-0.2, 0) is 12.5 Å². The van der Waals surface area contributed by atoms with Crippen molar-refractivity contribution in [1.29, 1.82) is 5.26 Å². The van der Waals surface area contributed by atoms with Gasteiger partial charge < -0.3 is 4.74 Å². The summed E-state index contributed by atoms with van der Waals surface area (Å²) in [5, 5.41) is 10.4. The molecule has 0 aliphatic heterocycles. The molecule has 7 nitrogen and oxygen atoms in total. The van der Waals surface area contributed by atoms with Crippen molar-refractivity contribution in [2.75, 3.05) is 7.11 Å². The first-order valence-electron chi connectivity index (χ1n) is 11.1. The summed E-state index contributed by atoms with van der Waals surface area (Å²) in [6.45, 7) is 0. The maximum absolute atomic E-state index is 13.3. The molecule has 0 saturated heterocycles. The van der Waals surface area contributed by atoms with E-state index in [1.165, 1.54) is 0 Å². The minimum Gasteiger partial charge on any atom is -0.481 e. The van der Waals surface area contributed by atoms with Crippen LogP contribution in [0, 0.1) is 11.3 Å². The lowest BCUT2D eigenvalue weighted by atomic mass is 9.97. The van der Waals surface area contributed by atoms with Gasteiger partial charge in [-0.05, 0) is 54.3 Å². The van der Waals surface area contributed by atoms with Crippen LogP contribution in [0.15, 0.2) is 71.8 Å². The van der Waals surface area contributed by atoms with Gasteiger partial charge in [-0.3, -0.25) is 14.1 Å². The van der Waals surface area contributed by atoms with Crippen LogP contribution in [-0.4, -0.2) is 26.2 Å². The van der Waals surface area contributed by atoms with E-state index >= 15 is 0 Å². The van der Waals surface area contributed by atoms with Gasteiger partial charge in [0.25, 0.3) is 0 Å². The van der Waals surface area contributed by atoms with E-state index in [9.17, 15) is 10.1 Å². The smallest absolute Gasteiger partial charge is 0.333 e.